The lowest BCUT2D eigenvalue weighted by Gasteiger charge is -2.08. The minimum absolute atomic E-state index is 0.290. The van der Waals surface area contributed by atoms with Crippen molar-refractivity contribution in [3.05, 3.63) is 0 Å². The topological polar surface area (TPSA) is 86.0 Å². The molecule has 6 nitrogen and oxygen atoms in total. The molecule has 6 heteroatoms. The molecule has 0 aromatic rings. The molecule has 0 saturated heterocycles. The number of aliphatic hydroxyl groups excluding tert-OH is 1. The maximum absolute atomic E-state index is 9.02. The first-order valence-corrected chi connectivity index (χ1v) is 7.09. The number of nitrogens with two attached hydrogens (primary N) is 1. The number of hydrogen-bond donors (Lipinski definition) is 3. The molecule has 0 aliphatic rings. The lowest BCUT2D eigenvalue weighted by molar-refractivity contribution is 0.0140. The van der Waals surface area contributed by atoms with Gasteiger partial charge in [-0.2, -0.15) is 0 Å². The lowest BCUT2D eigenvalue weighted by atomic mass is 10.4. The monoisotopic (exact) mass is 278 g/mol. The molecular formula is C13H30N2O4. The van der Waals surface area contributed by atoms with Crippen LogP contribution in [0, 0.1) is 0 Å². The van der Waals surface area contributed by atoms with Crippen LogP contribution < -0.4 is 11.1 Å². The maximum Gasteiger partial charge on any atom is 0.0701 e. The molecule has 19 heavy (non-hydrogen) atoms. The van der Waals surface area contributed by atoms with Gasteiger partial charge in [0.25, 0.3) is 0 Å². The van der Waals surface area contributed by atoms with Crippen LogP contribution in [0.4, 0.5) is 0 Å². The predicted molar refractivity (Wildman–Crippen MR) is 75.3 cm³/mol. The van der Waals surface area contributed by atoms with Crippen molar-refractivity contribution < 1.29 is 19.3 Å². The van der Waals surface area contributed by atoms with E-state index in [0.29, 0.717) is 52.7 Å². The van der Waals surface area contributed by atoms with Crippen molar-refractivity contribution in [2.75, 3.05) is 59.3 Å². The largest absolute Gasteiger partial charge is 0.392 e. The van der Waals surface area contributed by atoms with Crippen molar-refractivity contribution >= 4 is 0 Å². The Balaban J connectivity index is 2.91. The van der Waals surface area contributed by atoms with Gasteiger partial charge in [-0.05, 0) is 32.9 Å². The van der Waals surface area contributed by atoms with Crippen LogP contribution in [0.25, 0.3) is 0 Å². The summed E-state index contributed by atoms with van der Waals surface area (Å²) < 4.78 is 16.0. The number of nitrogens with one attached hydrogen (secondary N) is 1. The van der Waals surface area contributed by atoms with Crippen LogP contribution in [-0.4, -0.2) is 70.5 Å². The van der Waals surface area contributed by atoms with Crippen LogP contribution in [0.1, 0.15) is 19.8 Å². The molecule has 0 aromatic carbocycles. The van der Waals surface area contributed by atoms with E-state index in [0.717, 1.165) is 19.4 Å². The van der Waals surface area contributed by atoms with Crippen LogP contribution in [0.5, 0.6) is 0 Å². The van der Waals surface area contributed by atoms with E-state index in [2.05, 4.69) is 5.32 Å². The van der Waals surface area contributed by atoms with E-state index in [-0.39, 0.29) is 6.10 Å². The summed E-state index contributed by atoms with van der Waals surface area (Å²) in [4.78, 5) is 0. The molecule has 0 aromatic heterocycles. The average molecular weight is 278 g/mol. The minimum atomic E-state index is -0.290. The van der Waals surface area contributed by atoms with E-state index in [4.69, 9.17) is 25.1 Å². The molecule has 0 aliphatic carbocycles. The molecule has 0 heterocycles. The van der Waals surface area contributed by atoms with Gasteiger partial charge in [0.15, 0.2) is 0 Å². The molecule has 1 unspecified atom stereocenters. The number of aliphatic hydroxyl groups is 1. The summed E-state index contributed by atoms with van der Waals surface area (Å²) >= 11 is 0. The number of hydrogen-bond acceptors (Lipinski definition) is 6. The van der Waals surface area contributed by atoms with Gasteiger partial charge in [0.1, 0.15) is 0 Å². The maximum atomic E-state index is 9.02. The number of rotatable bonds is 15. The van der Waals surface area contributed by atoms with E-state index in [1.807, 2.05) is 0 Å². The molecule has 0 aliphatic heterocycles. The van der Waals surface area contributed by atoms with Gasteiger partial charge in [-0.1, -0.05) is 0 Å². The summed E-state index contributed by atoms with van der Waals surface area (Å²) in [7, 11) is 0. The molecule has 0 bridgehead atoms. The van der Waals surface area contributed by atoms with E-state index >= 15 is 0 Å². The van der Waals surface area contributed by atoms with Gasteiger partial charge in [0.05, 0.1) is 32.5 Å². The summed E-state index contributed by atoms with van der Waals surface area (Å²) in [5.74, 6) is 0. The molecule has 116 valence electrons. The van der Waals surface area contributed by atoms with Gasteiger partial charge < -0.3 is 30.4 Å². The quantitative estimate of drug-likeness (QED) is 0.358. The van der Waals surface area contributed by atoms with Crippen molar-refractivity contribution in [1.82, 2.24) is 5.32 Å². The Kier molecular flexibility index (Phi) is 15.6. The second kappa shape index (κ2) is 15.8. The van der Waals surface area contributed by atoms with Crippen molar-refractivity contribution in [1.29, 1.82) is 0 Å². The van der Waals surface area contributed by atoms with Gasteiger partial charge in [0, 0.05) is 19.8 Å². The first-order valence-electron chi connectivity index (χ1n) is 7.09. The molecule has 0 amide bonds. The van der Waals surface area contributed by atoms with Gasteiger partial charge in [-0.15, -0.1) is 0 Å². The average Bonchev–Trinajstić information content (AvgIpc) is 2.39. The Morgan fingerprint density at radius 1 is 0.947 bits per heavy atom. The standard InChI is InChI=1S/C13H30N2O4/c1-13(16)12-15-5-3-7-18-9-11-19-10-8-17-6-2-4-14/h13,15-16H,2-12,14H2,1H3. The molecule has 0 spiro atoms. The van der Waals surface area contributed by atoms with E-state index in [9.17, 15) is 0 Å². The zero-order valence-electron chi connectivity index (χ0n) is 12.1. The minimum Gasteiger partial charge on any atom is -0.392 e. The Morgan fingerprint density at radius 3 is 2.00 bits per heavy atom. The summed E-state index contributed by atoms with van der Waals surface area (Å²) in [6.45, 7) is 7.77. The summed E-state index contributed by atoms with van der Waals surface area (Å²) in [5, 5.41) is 12.2. The van der Waals surface area contributed by atoms with Gasteiger partial charge in [-0.25, -0.2) is 0 Å². The third-order valence-electron chi connectivity index (χ3n) is 2.32. The summed E-state index contributed by atoms with van der Waals surface area (Å²) in [6.07, 6.45) is 1.54. The zero-order chi connectivity index (χ0) is 14.2. The predicted octanol–water partition coefficient (Wildman–Crippen LogP) is -0.254. The fraction of sp³-hybridized carbons (Fsp3) is 1.00. The van der Waals surface area contributed by atoms with Gasteiger partial charge >= 0.3 is 0 Å². The fourth-order valence-corrected chi connectivity index (χ4v) is 1.34. The second-order valence-electron chi connectivity index (χ2n) is 4.39. The summed E-state index contributed by atoms with van der Waals surface area (Å²) in [5.41, 5.74) is 5.34. The molecule has 0 radical (unpaired) electrons. The first kappa shape index (κ1) is 18.8. The van der Waals surface area contributed by atoms with E-state index < -0.39 is 0 Å². The first-order chi connectivity index (χ1) is 9.27. The van der Waals surface area contributed by atoms with Crippen molar-refractivity contribution in [2.24, 2.45) is 5.73 Å². The molecule has 0 rings (SSSR count). The summed E-state index contributed by atoms with van der Waals surface area (Å²) in [6, 6.07) is 0. The van der Waals surface area contributed by atoms with E-state index in [1.54, 1.807) is 6.92 Å². The highest BCUT2D eigenvalue weighted by molar-refractivity contribution is 4.52. The highest BCUT2D eigenvalue weighted by Crippen LogP contribution is 1.85. The van der Waals surface area contributed by atoms with Gasteiger partial charge in [0.2, 0.25) is 0 Å². The highest BCUT2D eigenvalue weighted by Gasteiger charge is 1.94. The van der Waals surface area contributed by atoms with Crippen molar-refractivity contribution in [3.63, 3.8) is 0 Å². The van der Waals surface area contributed by atoms with Crippen LogP contribution in [0.2, 0.25) is 0 Å². The molecule has 0 saturated carbocycles. The van der Waals surface area contributed by atoms with Crippen LogP contribution >= 0.6 is 0 Å². The lowest BCUT2D eigenvalue weighted by Crippen LogP contribution is -2.26. The molecule has 1 atom stereocenters. The van der Waals surface area contributed by atoms with Crippen LogP contribution in [0.15, 0.2) is 0 Å². The highest BCUT2D eigenvalue weighted by atomic mass is 16.5. The number of ether oxygens (including phenoxy) is 3. The van der Waals surface area contributed by atoms with Crippen molar-refractivity contribution in [2.45, 2.75) is 25.9 Å². The Hall–Kier alpha value is -0.240. The van der Waals surface area contributed by atoms with Gasteiger partial charge in [-0.3, -0.25) is 0 Å². The normalized spacial score (nSPS) is 12.8. The second-order valence-corrected chi connectivity index (χ2v) is 4.39. The Labute approximate surface area is 116 Å². The molecule has 4 N–H and O–H groups in total. The fourth-order valence-electron chi connectivity index (χ4n) is 1.34. The molecule has 0 fully saturated rings. The van der Waals surface area contributed by atoms with E-state index in [1.165, 1.54) is 0 Å². The third-order valence-corrected chi connectivity index (χ3v) is 2.32. The third kappa shape index (κ3) is 17.8. The molecular weight excluding hydrogens is 248 g/mol. The zero-order valence-corrected chi connectivity index (χ0v) is 12.1. The Morgan fingerprint density at radius 2 is 1.47 bits per heavy atom. The van der Waals surface area contributed by atoms with Crippen LogP contribution in [0.3, 0.4) is 0 Å². The van der Waals surface area contributed by atoms with Crippen LogP contribution in [-0.2, 0) is 14.2 Å². The Bertz CT molecular complexity index is 171. The smallest absolute Gasteiger partial charge is 0.0701 e. The van der Waals surface area contributed by atoms with Crippen molar-refractivity contribution in [3.8, 4) is 0 Å². The SMILES string of the molecule is CC(O)CNCCCOCCOCCOCCCN.